The summed E-state index contributed by atoms with van der Waals surface area (Å²) >= 11 is 0. The highest BCUT2D eigenvalue weighted by Gasteiger charge is 2.21. The fourth-order valence-electron chi connectivity index (χ4n) is 1.56. The highest BCUT2D eigenvalue weighted by atomic mass is 19.1. The minimum absolute atomic E-state index is 0.0643. The van der Waals surface area contributed by atoms with Crippen molar-refractivity contribution < 1.29 is 18.7 Å². The van der Waals surface area contributed by atoms with Gasteiger partial charge in [0, 0.05) is 0 Å². The van der Waals surface area contributed by atoms with E-state index >= 15 is 0 Å². The third kappa shape index (κ3) is 4.23. The molecule has 0 amide bonds. The average molecular weight is 268 g/mol. The minimum Gasteiger partial charge on any atom is -0.461 e. The van der Waals surface area contributed by atoms with Gasteiger partial charge >= 0.3 is 12.3 Å². The summed E-state index contributed by atoms with van der Waals surface area (Å²) in [4.78, 5) is 11.1. The van der Waals surface area contributed by atoms with Crippen molar-refractivity contribution in [2.24, 2.45) is 0 Å². The second kappa shape index (κ2) is 6.55. The summed E-state index contributed by atoms with van der Waals surface area (Å²) in [6.45, 7) is 8.14. The summed E-state index contributed by atoms with van der Waals surface area (Å²) in [5.41, 5.74) is 1.21. The third-order valence-electron chi connectivity index (χ3n) is 3.23. The van der Waals surface area contributed by atoms with Gasteiger partial charge in [-0.2, -0.15) is 4.39 Å². The van der Waals surface area contributed by atoms with Crippen LogP contribution in [-0.4, -0.2) is 18.9 Å². The quantitative estimate of drug-likeness (QED) is 0.739. The molecular formula is C15H21FO3. The van der Waals surface area contributed by atoms with Crippen LogP contribution in [-0.2, 0) is 14.9 Å². The Hall–Kier alpha value is -1.58. The van der Waals surface area contributed by atoms with Gasteiger partial charge in [0.2, 0.25) is 0 Å². The van der Waals surface area contributed by atoms with Crippen molar-refractivity contribution in [3.63, 3.8) is 0 Å². The van der Waals surface area contributed by atoms with Crippen LogP contribution >= 0.6 is 0 Å². The Morgan fingerprint density at radius 3 is 2.32 bits per heavy atom. The lowest BCUT2D eigenvalue weighted by Crippen LogP contribution is -2.24. The minimum atomic E-state index is -2.08. The largest absolute Gasteiger partial charge is 0.461 e. The molecule has 0 aliphatic rings. The van der Waals surface area contributed by atoms with E-state index < -0.39 is 12.3 Å². The number of alkyl halides is 1. The van der Waals surface area contributed by atoms with Gasteiger partial charge in [0.05, 0.1) is 6.61 Å². The molecule has 0 aromatic heterocycles. The van der Waals surface area contributed by atoms with Crippen molar-refractivity contribution >= 4 is 5.97 Å². The molecule has 0 heterocycles. The Labute approximate surface area is 113 Å². The summed E-state index contributed by atoms with van der Waals surface area (Å²) in [5, 5.41) is 0. The molecule has 0 saturated heterocycles. The maximum Gasteiger partial charge on any atom is 0.381 e. The molecule has 4 heteroatoms. The van der Waals surface area contributed by atoms with Crippen molar-refractivity contribution in [1.82, 2.24) is 0 Å². The summed E-state index contributed by atoms with van der Waals surface area (Å²) in [7, 11) is 0. The van der Waals surface area contributed by atoms with Crippen LogP contribution in [0.5, 0.6) is 5.75 Å². The number of rotatable bonds is 6. The molecule has 0 spiro atoms. The van der Waals surface area contributed by atoms with Gasteiger partial charge in [-0.05, 0) is 36.5 Å². The first-order valence-electron chi connectivity index (χ1n) is 6.48. The van der Waals surface area contributed by atoms with Gasteiger partial charge in [-0.25, -0.2) is 4.79 Å². The van der Waals surface area contributed by atoms with E-state index in [0.717, 1.165) is 12.0 Å². The number of carbonyl (C=O) groups is 1. The third-order valence-corrected chi connectivity index (χ3v) is 3.23. The molecule has 1 unspecified atom stereocenters. The number of ether oxygens (including phenoxy) is 2. The number of carbonyl (C=O) groups excluding carboxylic acids is 1. The predicted octanol–water partition coefficient (Wildman–Crippen LogP) is 3.61. The predicted molar refractivity (Wildman–Crippen MR) is 71.9 cm³/mol. The molecule has 1 atom stereocenters. The molecule has 1 rings (SSSR count). The first-order valence-corrected chi connectivity index (χ1v) is 6.48. The topological polar surface area (TPSA) is 35.5 Å². The van der Waals surface area contributed by atoms with E-state index in [2.05, 4.69) is 25.5 Å². The Kier molecular flexibility index (Phi) is 5.33. The first-order chi connectivity index (χ1) is 8.90. The first kappa shape index (κ1) is 15.5. The lowest BCUT2D eigenvalue weighted by molar-refractivity contribution is -0.159. The van der Waals surface area contributed by atoms with Crippen molar-refractivity contribution in [2.75, 3.05) is 6.61 Å². The Morgan fingerprint density at radius 2 is 1.84 bits per heavy atom. The molecule has 1 aromatic rings. The zero-order valence-electron chi connectivity index (χ0n) is 11.9. The fraction of sp³-hybridized carbons (Fsp3) is 0.533. The number of hydrogen-bond donors (Lipinski definition) is 0. The van der Waals surface area contributed by atoms with Gasteiger partial charge in [0.15, 0.2) is 0 Å². The van der Waals surface area contributed by atoms with Crippen LogP contribution in [0.1, 0.15) is 39.7 Å². The van der Waals surface area contributed by atoms with Crippen molar-refractivity contribution in [2.45, 2.75) is 45.9 Å². The van der Waals surface area contributed by atoms with E-state index in [1.807, 2.05) is 12.1 Å². The molecule has 0 aliphatic heterocycles. The SMILES string of the molecule is CCOC(=O)C(F)Oc1ccc(C(C)(C)CC)cc1. The summed E-state index contributed by atoms with van der Waals surface area (Å²) < 4.78 is 22.8. The molecule has 0 radical (unpaired) electrons. The second-order valence-electron chi connectivity index (χ2n) is 4.95. The monoisotopic (exact) mass is 268 g/mol. The molecular weight excluding hydrogens is 247 g/mol. The van der Waals surface area contributed by atoms with Gasteiger partial charge in [-0.15, -0.1) is 0 Å². The molecule has 1 aromatic carbocycles. The van der Waals surface area contributed by atoms with Gasteiger partial charge in [-0.3, -0.25) is 0 Å². The van der Waals surface area contributed by atoms with E-state index in [1.165, 1.54) is 0 Å². The van der Waals surface area contributed by atoms with E-state index in [-0.39, 0.29) is 12.0 Å². The molecule has 19 heavy (non-hydrogen) atoms. The lowest BCUT2D eigenvalue weighted by Gasteiger charge is -2.23. The van der Waals surface area contributed by atoms with Gasteiger partial charge in [0.1, 0.15) is 5.75 Å². The fourth-order valence-corrected chi connectivity index (χ4v) is 1.56. The standard InChI is InChI=1S/C15H21FO3/c1-5-15(3,4)11-7-9-12(10-8-11)19-13(16)14(17)18-6-2/h7-10,13H,5-6H2,1-4H3. The van der Waals surface area contributed by atoms with E-state index in [4.69, 9.17) is 4.74 Å². The molecule has 3 nitrogen and oxygen atoms in total. The highest BCUT2D eigenvalue weighted by molar-refractivity contribution is 5.73. The van der Waals surface area contributed by atoms with E-state index in [0.29, 0.717) is 5.75 Å². The Bertz CT molecular complexity index is 412. The maximum absolute atomic E-state index is 13.4. The lowest BCUT2D eigenvalue weighted by atomic mass is 9.82. The zero-order chi connectivity index (χ0) is 14.5. The van der Waals surface area contributed by atoms with Crippen molar-refractivity contribution in [3.8, 4) is 5.75 Å². The van der Waals surface area contributed by atoms with Crippen LogP contribution in [0.3, 0.4) is 0 Å². The van der Waals surface area contributed by atoms with Gasteiger partial charge in [0.25, 0.3) is 0 Å². The summed E-state index contributed by atoms with van der Waals surface area (Å²) in [5.74, 6) is -0.684. The average Bonchev–Trinajstić information content (AvgIpc) is 2.39. The van der Waals surface area contributed by atoms with Crippen molar-refractivity contribution in [3.05, 3.63) is 29.8 Å². The van der Waals surface area contributed by atoms with E-state index in [1.54, 1.807) is 19.1 Å². The summed E-state index contributed by atoms with van der Waals surface area (Å²) in [6.07, 6.45) is -1.08. The smallest absolute Gasteiger partial charge is 0.381 e. The number of benzene rings is 1. The van der Waals surface area contributed by atoms with Crippen LogP contribution in [0.15, 0.2) is 24.3 Å². The Morgan fingerprint density at radius 1 is 1.26 bits per heavy atom. The van der Waals surface area contributed by atoms with Crippen LogP contribution in [0, 0.1) is 0 Å². The normalized spacial score (nSPS) is 12.9. The van der Waals surface area contributed by atoms with Crippen LogP contribution in [0.4, 0.5) is 4.39 Å². The van der Waals surface area contributed by atoms with Crippen LogP contribution in [0.25, 0.3) is 0 Å². The van der Waals surface area contributed by atoms with Crippen molar-refractivity contribution in [1.29, 1.82) is 0 Å². The molecule has 106 valence electrons. The molecule has 0 fully saturated rings. The van der Waals surface area contributed by atoms with Gasteiger partial charge in [-0.1, -0.05) is 32.9 Å². The Balaban J connectivity index is 2.70. The maximum atomic E-state index is 13.4. The van der Waals surface area contributed by atoms with E-state index in [9.17, 15) is 9.18 Å². The van der Waals surface area contributed by atoms with Crippen LogP contribution in [0.2, 0.25) is 0 Å². The number of halogens is 1. The highest BCUT2D eigenvalue weighted by Crippen LogP contribution is 2.28. The van der Waals surface area contributed by atoms with Gasteiger partial charge < -0.3 is 9.47 Å². The molecule has 0 bridgehead atoms. The zero-order valence-corrected chi connectivity index (χ0v) is 11.9. The van der Waals surface area contributed by atoms with Crippen LogP contribution < -0.4 is 4.74 Å². The second-order valence-corrected chi connectivity index (χ2v) is 4.95. The number of hydrogen-bond acceptors (Lipinski definition) is 3. The summed E-state index contributed by atoms with van der Waals surface area (Å²) in [6, 6.07) is 7.10. The number of esters is 1. The molecule has 0 saturated carbocycles. The molecule has 0 N–H and O–H groups in total. The molecule has 0 aliphatic carbocycles.